The van der Waals surface area contributed by atoms with Crippen LogP contribution in [-0.2, 0) is 9.59 Å². The van der Waals surface area contributed by atoms with Gasteiger partial charge in [0, 0.05) is 12.8 Å². The molecule has 6 heteroatoms. The van der Waals surface area contributed by atoms with Crippen molar-refractivity contribution in [3.63, 3.8) is 0 Å². The first-order valence-corrected chi connectivity index (χ1v) is 5.90. The van der Waals surface area contributed by atoms with Gasteiger partial charge in [0.05, 0.1) is 5.69 Å². The lowest BCUT2D eigenvalue weighted by molar-refractivity contribution is -0.125. The maximum absolute atomic E-state index is 13.6. The quantitative estimate of drug-likeness (QED) is 0.829. The summed E-state index contributed by atoms with van der Waals surface area (Å²) in [6, 6.07) is 3.54. The van der Waals surface area contributed by atoms with Gasteiger partial charge in [-0.25, -0.2) is 14.1 Å². The van der Waals surface area contributed by atoms with E-state index in [0.29, 0.717) is 12.8 Å². The van der Waals surface area contributed by atoms with Gasteiger partial charge in [0.25, 0.3) is 0 Å². The summed E-state index contributed by atoms with van der Waals surface area (Å²) in [7, 11) is 0. The van der Waals surface area contributed by atoms with Crippen LogP contribution in [0.25, 0.3) is 0 Å². The minimum absolute atomic E-state index is 0.154. The number of amides is 2. The molecule has 1 aliphatic heterocycles. The average Bonchev–Trinajstić information content (AvgIpc) is 2.50. The smallest absolute Gasteiger partial charge is 0.340 e. The van der Waals surface area contributed by atoms with Crippen molar-refractivity contribution >= 4 is 23.5 Å². The predicted molar refractivity (Wildman–Crippen MR) is 64.3 cm³/mol. The zero-order chi connectivity index (χ0) is 14.0. The molecule has 19 heavy (non-hydrogen) atoms. The number of carboxylic acid groups (broad SMARTS) is 1. The van der Waals surface area contributed by atoms with E-state index in [4.69, 9.17) is 5.11 Å². The van der Waals surface area contributed by atoms with Gasteiger partial charge in [-0.3, -0.25) is 9.59 Å². The minimum atomic E-state index is -1.50. The topological polar surface area (TPSA) is 74.7 Å². The molecule has 1 N–H and O–H groups in total. The number of hydrogen-bond donors (Lipinski definition) is 1. The molecule has 0 atom stereocenters. The first-order chi connectivity index (χ1) is 9.02. The van der Waals surface area contributed by atoms with Crippen LogP contribution < -0.4 is 4.90 Å². The molecular formula is C13H12FNO4. The first-order valence-electron chi connectivity index (χ1n) is 5.90. The van der Waals surface area contributed by atoms with E-state index in [1.165, 1.54) is 12.1 Å². The number of rotatable bonds is 2. The van der Waals surface area contributed by atoms with E-state index >= 15 is 0 Å². The lowest BCUT2D eigenvalue weighted by Crippen LogP contribution is -2.36. The van der Waals surface area contributed by atoms with E-state index in [-0.39, 0.29) is 18.5 Å². The van der Waals surface area contributed by atoms with Crippen LogP contribution in [0.15, 0.2) is 18.2 Å². The SMILES string of the molecule is O=C(O)c1c(F)cccc1N1C(=O)CCCCC1=O. The molecular weight excluding hydrogens is 253 g/mol. The molecule has 0 aromatic heterocycles. The van der Waals surface area contributed by atoms with Gasteiger partial charge in [0.1, 0.15) is 11.4 Å². The van der Waals surface area contributed by atoms with Crippen LogP contribution in [0.2, 0.25) is 0 Å². The van der Waals surface area contributed by atoms with E-state index in [0.717, 1.165) is 11.0 Å². The Kier molecular flexibility index (Phi) is 3.59. The monoisotopic (exact) mass is 265 g/mol. The van der Waals surface area contributed by atoms with E-state index in [1.54, 1.807) is 0 Å². The third-order valence-corrected chi connectivity index (χ3v) is 2.98. The summed E-state index contributed by atoms with van der Waals surface area (Å²) in [6.45, 7) is 0. The van der Waals surface area contributed by atoms with Crippen molar-refractivity contribution in [3.8, 4) is 0 Å². The van der Waals surface area contributed by atoms with Crippen LogP contribution in [-0.4, -0.2) is 22.9 Å². The zero-order valence-corrected chi connectivity index (χ0v) is 10.1. The van der Waals surface area contributed by atoms with Gasteiger partial charge >= 0.3 is 5.97 Å². The molecule has 0 bridgehead atoms. The number of carboxylic acids is 1. The van der Waals surface area contributed by atoms with Crippen LogP contribution in [0, 0.1) is 5.82 Å². The summed E-state index contributed by atoms with van der Waals surface area (Å²) < 4.78 is 13.6. The molecule has 1 fully saturated rings. The van der Waals surface area contributed by atoms with E-state index < -0.39 is 29.2 Å². The Morgan fingerprint density at radius 1 is 1.16 bits per heavy atom. The van der Waals surface area contributed by atoms with Gasteiger partial charge in [-0.1, -0.05) is 6.07 Å². The number of halogens is 1. The Labute approximate surface area is 108 Å². The highest BCUT2D eigenvalue weighted by atomic mass is 19.1. The maximum atomic E-state index is 13.6. The van der Waals surface area contributed by atoms with Gasteiger partial charge in [-0.2, -0.15) is 0 Å². The summed E-state index contributed by atoms with van der Waals surface area (Å²) in [6.07, 6.45) is 1.44. The Balaban J connectivity index is 2.56. The van der Waals surface area contributed by atoms with Gasteiger partial charge in [-0.05, 0) is 25.0 Å². The van der Waals surface area contributed by atoms with Crippen molar-refractivity contribution in [2.24, 2.45) is 0 Å². The fourth-order valence-electron chi connectivity index (χ4n) is 2.09. The van der Waals surface area contributed by atoms with Gasteiger partial charge < -0.3 is 5.11 Å². The van der Waals surface area contributed by atoms with Crippen molar-refractivity contribution in [1.82, 2.24) is 0 Å². The molecule has 1 saturated heterocycles. The lowest BCUT2D eigenvalue weighted by atomic mass is 10.1. The third-order valence-electron chi connectivity index (χ3n) is 2.98. The van der Waals surface area contributed by atoms with Crippen molar-refractivity contribution in [2.75, 3.05) is 4.90 Å². The van der Waals surface area contributed by atoms with E-state index in [9.17, 15) is 18.8 Å². The standard InChI is InChI=1S/C13H12FNO4/c14-8-4-3-5-9(12(8)13(18)19)15-10(16)6-1-2-7-11(15)17/h3-5H,1-2,6-7H2,(H,18,19). The number of carbonyl (C=O) groups excluding carboxylic acids is 2. The van der Waals surface area contributed by atoms with Crippen LogP contribution in [0.4, 0.5) is 10.1 Å². The van der Waals surface area contributed by atoms with Gasteiger partial charge in [0.15, 0.2) is 0 Å². The lowest BCUT2D eigenvalue weighted by Gasteiger charge is -2.20. The van der Waals surface area contributed by atoms with E-state index in [2.05, 4.69) is 0 Å². The predicted octanol–water partition coefficient (Wildman–Crippen LogP) is 1.96. The largest absolute Gasteiger partial charge is 0.478 e. The number of hydrogen-bond acceptors (Lipinski definition) is 3. The number of carbonyl (C=O) groups is 3. The minimum Gasteiger partial charge on any atom is -0.478 e. The molecule has 0 radical (unpaired) electrons. The summed E-state index contributed by atoms with van der Waals surface area (Å²) in [5.74, 6) is -3.45. The number of aromatic carboxylic acids is 1. The maximum Gasteiger partial charge on any atom is 0.340 e. The molecule has 1 aromatic carbocycles. The summed E-state index contributed by atoms with van der Waals surface area (Å²) >= 11 is 0. The van der Waals surface area contributed by atoms with Crippen LogP contribution >= 0.6 is 0 Å². The first kappa shape index (κ1) is 13.2. The molecule has 0 spiro atoms. The molecule has 1 aromatic rings. The Bertz CT molecular complexity index is 538. The molecule has 5 nitrogen and oxygen atoms in total. The second kappa shape index (κ2) is 5.17. The molecule has 2 rings (SSSR count). The average molecular weight is 265 g/mol. The summed E-state index contributed by atoms with van der Waals surface area (Å²) in [5.41, 5.74) is -0.837. The molecule has 0 saturated carbocycles. The molecule has 100 valence electrons. The molecule has 0 aliphatic carbocycles. The third kappa shape index (κ3) is 2.47. The summed E-state index contributed by atoms with van der Waals surface area (Å²) in [5, 5.41) is 9.03. The number of benzene rings is 1. The fraction of sp³-hybridized carbons (Fsp3) is 0.308. The van der Waals surface area contributed by atoms with Gasteiger partial charge in [-0.15, -0.1) is 0 Å². The highest BCUT2D eigenvalue weighted by molar-refractivity contribution is 6.17. The zero-order valence-electron chi connectivity index (χ0n) is 10.1. The van der Waals surface area contributed by atoms with Crippen molar-refractivity contribution < 1.29 is 23.9 Å². The van der Waals surface area contributed by atoms with Crippen LogP contribution in [0.3, 0.4) is 0 Å². The fourth-order valence-corrected chi connectivity index (χ4v) is 2.09. The Morgan fingerprint density at radius 3 is 2.26 bits per heavy atom. The van der Waals surface area contributed by atoms with Crippen molar-refractivity contribution in [2.45, 2.75) is 25.7 Å². The Morgan fingerprint density at radius 2 is 1.74 bits per heavy atom. The molecule has 2 amide bonds. The molecule has 1 aliphatic rings. The van der Waals surface area contributed by atoms with Crippen molar-refractivity contribution in [3.05, 3.63) is 29.6 Å². The van der Waals surface area contributed by atoms with E-state index in [1.807, 2.05) is 0 Å². The Hall–Kier alpha value is -2.24. The number of anilines is 1. The van der Waals surface area contributed by atoms with Crippen molar-refractivity contribution in [1.29, 1.82) is 0 Å². The highest BCUT2D eigenvalue weighted by Crippen LogP contribution is 2.27. The second-order valence-electron chi connectivity index (χ2n) is 4.27. The molecule has 0 unspecified atom stereocenters. The highest BCUT2D eigenvalue weighted by Gasteiger charge is 2.30. The summed E-state index contributed by atoms with van der Waals surface area (Å²) in [4.78, 5) is 35.7. The molecule has 1 heterocycles. The van der Waals surface area contributed by atoms with Gasteiger partial charge in [0.2, 0.25) is 11.8 Å². The van der Waals surface area contributed by atoms with Crippen LogP contribution in [0.1, 0.15) is 36.0 Å². The number of nitrogens with zero attached hydrogens (tertiary/aromatic N) is 1. The second-order valence-corrected chi connectivity index (χ2v) is 4.27. The normalized spacial score (nSPS) is 16.4. The number of imide groups is 1. The van der Waals surface area contributed by atoms with Crippen LogP contribution in [0.5, 0.6) is 0 Å².